The molecule has 0 saturated carbocycles. The van der Waals surface area contributed by atoms with Crippen molar-refractivity contribution >= 4 is 11.7 Å². The first-order valence-corrected chi connectivity index (χ1v) is 6.69. The predicted molar refractivity (Wildman–Crippen MR) is 74.6 cm³/mol. The van der Waals surface area contributed by atoms with E-state index in [1.807, 2.05) is 30.8 Å². The van der Waals surface area contributed by atoms with Crippen molar-refractivity contribution in [2.75, 3.05) is 0 Å². The van der Waals surface area contributed by atoms with Crippen molar-refractivity contribution in [2.45, 2.75) is 26.4 Å². The van der Waals surface area contributed by atoms with E-state index >= 15 is 0 Å². The molecule has 3 aromatic heterocycles. The van der Waals surface area contributed by atoms with Crippen LogP contribution in [-0.2, 0) is 6.54 Å². The van der Waals surface area contributed by atoms with Crippen LogP contribution in [-0.4, -0.2) is 35.3 Å². The van der Waals surface area contributed by atoms with Crippen LogP contribution in [0.15, 0.2) is 30.7 Å². The Bertz CT molecular complexity index is 743. The zero-order valence-corrected chi connectivity index (χ0v) is 11.8. The SMILES string of the molecule is CCn1ccc(C(C)NC(=O)c2nc3ncccn3n2)n1. The number of hydrogen-bond acceptors (Lipinski definition) is 5. The lowest BCUT2D eigenvalue weighted by Crippen LogP contribution is -2.28. The molecule has 1 N–H and O–H groups in total. The third-order valence-electron chi connectivity index (χ3n) is 3.10. The molecular weight excluding hydrogens is 270 g/mol. The molecule has 8 nitrogen and oxygen atoms in total. The minimum absolute atomic E-state index is 0.0930. The summed E-state index contributed by atoms with van der Waals surface area (Å²) in [4.78, 5) is 20.3. The minimum Gasteiger partial charge on any atom is -0.341 e. The first kappa shape index (κ1) is 13.2. The average Bonchev–Trinajstić information content (AvgIpc) is 3.13. The van der Waals surface area contributed by atoms with Crippen LogP contribution < -0.4 is 5.32 Å². The number of amides is 1. The molecule has 3 aromatic rings. The number of aromatic nitrogens is 6. The van der Waals surface area contributed by atoms with Crippen molar-refractivity contribution in [2.24, 2.45) is 0 Å². The molecular formula is C13H15N7O. The van der Waals surface area contributed by atoms with Crippen LogP contribution in [0.2, 0.25) is 0 Å². The van der Waals surface area contributed by atoms with Gasteiger partial charge in [-0.1, -0.05) is 0 Å². The second kappa shape index (κ2) is 5.31. The van der Waals surface area contributed by atoms with Gasteiger partial charge in [-0.3, -0.25) is 9.48 Å². The maximum atomic E-state index is 12.2. The number of aryl methyl sites for hydroxylation is 1. The average molecular weight is 285 g/mol. The van der Waals surface area contributed by atoms with Crippen molar-refractivity contribution in [3.8, 4) is 0 Å². The van der Waals surface area contributed by atoms with Crippen LogP contribution in [0.3, 0.4) is 0 Å². The molecule has 1 amide bonds. The molecule has 0 aromatic carbocycles. The van der Waals surface area contributed by atoms with Crippen molar-refractivity contribution < 1.29 is 4.79 Å². The lowest BCUT2D eigenvalue weighted by Gasteiger charge is -2.09. The Hall–Kier alpha value is -2.77. The quantitative estimate of drug-likeness (QED) is 0.767. The highest BCUT2D eigenvalue weighted by atomic mass is 16.2. The maximum Gasteiger partial charge on any atom is 0.291 e. The molecule has 0 aliphatic carbocycles. The first-order valence-electron chi connectivity index (χ1n) is 6.69. The molecule has 0 bridgehead atoms. The summed E-state index contributed by atoms with van der Waals surface area (Å²) < 4.78 is 3.27. The van der Waals surface area contributed by atoms with E-state index in [0.29, 0.717) is 5.78 Å². The summed E-state index contributed by atoms with van der Waals surface area (Å²) in [7, 11) is 0. The number of fused-ring (bicyclic) bond motifs is 1. The van der Waals surface area contributed by atoms with Gasteiger partial charge in [-0.05, 0) is 26.0 Å². The topological polar surface area (TPSA) is 90.0 Å². The molecule has 1 atom stereocenters. The Morgan fingerprint density at radius 1 is 1.38 bits per heavy atom. The predicted octanol–water partition coefficient (Wildman–Crippen LogP) is 0.832. The molecule has 0 fully saturated rings. The van der Waals surface area contributed by atoms with Crippen molar-refractivity contribution in [3.05, 3.63) is 42.2 Å². The lowest BCUT2D eigenvalue weighted by atomic mass is 10.2. The van der Waals surface area contributed by atoms with E-state index in [2.05, 4.69) is 25.5 Å². The smallest absolute Gasteiger partial charge is 0.291 e. The first-order chi connectivity index (χ1) is 10.2. The molecule has 3 rings (SSSR count). The van der Waals surface area contributed by atoms with Gasteiger partial charge in [0.1, 0.15) is 0 Å². The minimum atomic E-state index is -0.348. The van der Waals surface area contributed by atoms with Gasteiger partial charge in [0.15, 0.2) is 0 Å². The van der Waals surface area contributed by atoms with Gasteiger partial charge in [0.05, 0.1) is 11.7 Å². The standard InChI is InChI=1S/C13H15N7O/c1-3-19-8-5-10(17-19)9(2)15-12(21)11-16-13-14-6-4-7-20(13)18-11/h4-9H,3H2,1-2H3,(H,15,21). The summed E-state index contributed by atoms with van der Waals surface area (Å²) in [5.41, 5.74) is 0.798. The Morgan fingerprint density at radius 3 is 2.95 bits per heavy atom. The van der Waals surface area contributed by atoms with Crippen LogP contribution >= 0.6 is 0 Å². The number of carbonyl (C=O) groups excluding carboxylic acids is 1. The fraction of sp³-hybridized carbons (Fsp3) is 0.308. The fourth-order valence-electron chi connectivity index (χ4n) is 1.95. The summed E-state index contributed by atoms with van der Waals surface area (Å²) in [6, 6.07) is 3.39. The lowest BCUT2D eigenvalue weighted by molar-refractivity contribution is 0.0928. The number of rotatable bonds is 4. The second-order valence-corrected chi connectivity index (χ2v) is 4.59. The van der Waals surface area contributed by atoms with Crippen LogP contribution in [0.4, 0.5) is 0 Å². The van der Waals surface area contributed by atoms with Crippen LogP contribution in [0.25, 0.3) is 5.78 Å². The normalized spacial score (nSPS) is 12.5. The highest BCUT2D eigenvalue weighted by Gasteiger charge is 2.17. The molecule has 1 unspecified atom stereocenters. The molecule has 108 valence electrons. The molecule has 8 heteroatoms. The van der Waals surface area contributed by atoms with Gasteiger partial charge in [0.25, 0.3) is 11.7 Å². The second-order valence-electron chi connectivity index (χ2n) is 4.59. The van der Waals surface area contributed by atoms with Crippen molar-refractivity contribution in [3.63, 3.8) is 0 Å². The van der Waals surface area contributed by atoms with Gasteiger partial charge in [0.2, 0.25) is 5.82 Å². The van der Waals surface area contributed by atoms with Gasteiger partial charge < -0.3 is 5.32 Å². The molecule has 0 saturated heterocycles. The van der Waals surface area contributed by atoms with E-state index in [4.69, 9.17) is 0 Å². The summed E-state index contributed by atoms with van der Waals surface area (Å²) in [5, 5.41) is 11.3. The van der Waals surface area contributed by atoms with E-state index in [1.165, 1.54) is 4.52 Å². The third kappa shape index (κ3) is 2.60. The van der Waals surface area contributed by atoms with Gasteiger partial charge in [0, 0.05) is 25.1 Å². The maximum absolute atomic E-state index is 12.2. The van der Waals surface area contributed by atoms with E-state index in [1.54, 1.807) is 18.5 Å². The summed E-state index contributed by atoms with van der Waals surface area (Å²) in [6.45, 7) is 4.67. The van der Waals surface area contributed by atoms with E-state index < -0.39 is 0 Å². The number of nitrogens with zero attached hydrogens (tertiary/aromatic N) is 6. The zero-order chi connectivity index (χ0) is 14.8. The largest absolute Gasteiger partial charge is 0.341 e. The van der Waals surface area contributed by atoms with Gasteiger partial charge in [-0.15, -0.1) is 5.10 Å². The Labute approximate surface area is 120 Å². The van der Waals surface area contributed by atoms with E-state index in [0.717, 1.165) is 12.2 Å². The molecule has 3 heterocycles. The monoisotopic (exact) mass is 285 g/mol. The fourth-order valence-corrected chi connectivity index (χ4v) is 1.95. The number of hydrogen-bond donors (Lipinski definition) is 1. The number of nitrogens with one attached hydrogen (secondary N) is 1. The summed E-state index contributed by atoms with van der Waals surface area (Å²) in [5.74, 6) is 0.139. The third-order valence-corrected chi connectivity index (χ3v) is 3.10. The Balaban J connectivity index is 1.75. The molecule has 0 aliphatic rings. The van der Waals surface area contributed by atoms with Gasteiger partial charge in [-0.2, -0.15) is 10.1 Å². The molecule has 0 radical (unpaired) electrons. The van der Waals surface area contributed by atoms with Crippen molar-refractivity contribution in [1.29, 1.82) is 0 Å². The number of carbonyl (C=O) groups is 1. The van der Waals surface area contributed by atoms with Crippen LogP contribution in [0.1, 0.15) is 36.2 Å². The molecule has 0 spiro atoms. The molecule has 21 heavy (non-hydrogen) atoms. The van der Waals surface area contributed by atoms with E-state index in [-0.39, 0.29) is 17.8 Å². The van der Waals surface area contributed by atoms with Crippen LogP contribution in [0.5, 0.6) is 0 Å². The summed E-state index contributed by atoms with van der Waals surface area (Å²) in [6.07, 6.45) is 5.18. The van der Waals surface area contributed by atoms with E-state index in [9.17, 15) is 4.79 Å². The molecule has 0 aliphatic heterocycles. The summed E-state index contributed by atoms with van der Waals surface area (Å²) >= 11 is 0. The van der Waals surface area contributed by atoms with Gasteiger partial charge in [-0.25, -0.2) is 9.50 Å². The Morgan fingerprint density at radius 2 is 2.24 bits per heavy atom. The van der Waals surface area contributed by atoms with Crippen LogP contribution in [0, 0.1) is 0 Å². The Kier molecular flexibility index (Phi) is 3.35. The highest BCUT2D eigenvalue weighted by molar-refractivity contribution is 5.91. The van der Waals surface area contributed by atoms with Gasteiger partial charge >= 0.3 is 0 Å². The van der Waals surface area contributed by atoms with Crippen molar-refractivity contribution in [1.82, 2.24) is 34.7 Å². The zero-order valence-electron chi connectivity index (χ0n) is 11.8. The highest BCUT2D eigenvalue weighted by Crippen LogP contribution is 2.10.